The summed E-state index contributed by atoms with van der Waals surface area (Å²) in [5, 5.41) is 3.26. The van der Waals surface area contributed by atoms with Crippen LogP contribution in [0.4, 0.5) is 5.69 Å². The molecule has 0 aliphatic heterocycles. The number of carbonyl (C=O) groups is 1. The lowest BCUT2D eigenvalue weighted by atomic mass is 10.2. The van der Waals surface area contributed by atoms with E-state index in [9.17, 15) is 4.79 Å². The lowest BCUT2D eigenvalue weighted by Crippen LogP contribution is -2.39. The zero-order chi connectivity index (χ0) is 13.7. The highest BCUT2D eigenvalue weighted by Crippen LogP contribution is 2.30. The van der Waals surface area contributed by atoms with Crippen molar-refractivity contribution in [2.45, 2.75) is 13.0 Å². The van der Waals surface area contributed by atoms with Gasteiger partial charge in [-0.1, -0.05) is 11.6 Å². The highest BCUT2D eigenvalue weighted by Gasteiger charge is 2.16. The van der Waals surface area contributed by atoms with Crippen molar-refractivity contribution in [1.29, 1.82) is 0 Å². The van der Waals surface area contributed by atoms with Crippen LogP contribution >= 0.6 is 11.6 Å². The molecule has 6 heteroatoms. The van der Waals surface area contributed by atoms with Crippen molar-refractivity contribution in [2.75, 3.05) is 26.1 Å². The highest BCUT2D eigenvalue weighted by molar-refractivity contribution is 6.31. The quantitative estimate of drug-likeness (QED) is 0.853. The normalized spacial score (nSPS) is 12.1. The standard InChI is InChI=1S/C12H17ClN2O3/c1-7-4-10(11(18-3)5-8(7)13)15-12(16)9(14)6-17-2/h4-5,9H,6,14H2,1-3H3,(H,15,16). The van der Waals surface area contributed by atoms with Crippen LogP contribution in [0.3, 0.4) is 0 Å². The van der Waals surface area contributed by atoms with Crippen LogP contribution in [0.1, 0.15) is 5.56 Å². The van der Waals surface area contributed by atoms with Gasteiger partial charge < -0.3 is 20.5 Å². The number of hydrogen-bond donors (Lipinski definition) is 2. The predicted molar refractivity (Wildman–Crippen MR) is 71.2 cm³/mol. The summed E-state index contributed by atoms with van der Waals surface area (Å²) in [5.74, 6) is 0.153. The van der Waals surface area contributed by atoms with Crippen LogP contribution in [-0.4, -0.2) is 32.8 Å². The van der Waals surface area contributed by atoms with Crippen molar-refractivity contribution in [2.24, 2.45) is 5.73 Å². The number of halogens is 1. The first-order valence-corrected chi connectivity index (χ1v) is 5.77. The van der Waals surface area contributed by atoms with Gasteiger partial charge in [0.25, 0.3) is 0 Å². The summed E-state index contributed by atoms with van der Waals surface area (Å²) >= 11 is 5.98. The number of benzene rings is 1. The molecule has 0 fully saturated rings. The van der Waals surface area contributed by atoms with Gasteiger partial charge in [0.2, 0.25) is 5.91 Å². The van der Waals surface area contributed by atoms with E-state index in [1.54, 1.807) is 12.1 Å². The van der Waals surface area contributed by atoms with Crippen molar-refractivity contribution in [3.8, 4) is 5.75 Å². The summed E-state index contributed by atoms with van der Waals surface area (Å²) in [6.45, 7) is 1.99. The molecule has 18 heavy (non-hydrogen) atoms. The van der Waals surface area contributed by atoms with Crippen LogP contribution in [0.2, 0.25) is 5.02 Å². The summed E-state index contributed by atoms with van der Waals surface area (Å²) in [6, 6.07) is 2.66. The number of aryl methyl sites for hydroxylation is 1. The van der Waals surface area contributed by atoms with Gasteiger partial charge in [0.05, 0.1) is 19.4 Å². The third-order valence-electron chi connectivity index (χ3n) is 2.42. The summed E-state index contributed by atoms with van der Waals surface area (Å²) in [6.07, 6.45) is 0. The largest absolute Gasteiger partial charge is 0.495 e. The van der Waals surface area contributed by atoms with E-state index in [4.69, 9.17) is 26.8 Å². The molecule has 1 amide bonds. The maximum atomic E-state index is 11.8. The second-order valence-electron chi connectivity index (χ2n) is 3.85. The Kier molecular flexibility index (Phi) is 5.40. The molecular weight excluding hydrogens is 256 g/mol. The average molecular weight is 273 g/mol. The van der Waals surface area contributed by atoms with Crippen molar-refractivity contribution in [3.63, 3.8) is 0 Å². The second kappa shape index (κ2) is 6.58. The summed E-state index contributed by atoms with van der Waals surface area (Å²) < 4.78 is 9.97. The van der Waals surface area contributed by atoms with E-state index in [2.05, 4.69) is 5.32 Å². The van der Waals surface area contributed by atoms with Crippen LogP contribution in [-0.2, 0) is 9.53 Å². The molecule has 0 bridgehead atoms. The molecule has 0 aromatic heterocycles. The monoisotopic (exact) mass is 272 g/mol. The lowest BCUT2D eigenvalue weighted by molar-refractivity contribution is -0.118. The minimum absolute atomic E-state index is 0.153. The first kappa shape index (κ1) is 14.8. The topological polar surface area (TPSA) is 73.6 Å². The van der Waals surface area contributed by atoms with Gasteiger partial charge in [0.15, 0.2) is 0 Å². The Morgan fingerprint density at radius 1 is 1.50 bits per heavy atom. The molecule has 0 aliphatic rings. The fourth-order valence-corrected chi connectivity index (χ4v) is 1.56. The summed E-state index contributed by atoms with van der Waals surface area (Å²) in [7, 11) is 2.99. The van der Waals surface area contributed by atoms with E-state index >= 15 is 0 Å². The summed E-state index contributed by atoms with van der Waals surface area (Å²) in [5.41, 5.74) is 7.01. The number of carbonyl (C=O) groups excluding carboxylic acids is 1. The molecule has 0 aliphatic carbocycles. The number of nitrogens with one attached hydrogen (secondary N) is 1. The molecule has 0 saturated carbocycles. The number of nitrogens with two attached hydrogens (primary N) is 1. The van der Waals surface area contributed by atoms with Gasteiger partial charge in [-0.25, -0.2) is 0 Å². The van der Waals surface area contributed by atoms with Crippen LogP contribution in [0, 0.1) is 6.92 Å². The Bertz CT molecular complexity index is 438. The highest BCUT2D eigenvalue weighted by atomic mass is 35.5. The molecule has 3 N–H and O–H groups in total. The molecular formula is C12H17ClN2O3. The smallest absolute Gasteiger partial charge is 0.243 e. The molecule has 0 saturated heterocycles. The van der Waals surface area contributed by atoms with E-state index < -0.39 is 6.04 Å². The fourth-order valence-electron chi connectivity index (χ4n) is 1.41. The number of amides is 1. The molecule has 0 heterocycles. The molecule has 1 atom stereocenters. The molecule has 0 radical (unpaired) electrons. The molecule has 1 rings (SSSR count). The fraction of sp³-hybridized carbons (Fsp3) is 0.417. The number of anilines is 1. The van der Waals surface area contributed by atoms with Gasteiger partial charge in [-0.05, 0) is 18.6 Å². The van der Waals surface area contributed by atoms with Gasteiger partial charge >= 0.3 is 0 Å². The molecule has 1 aromatic carbocycles. The summed E-state index contributed by atoms with van der Waals surface area (Å²) in [4.78, 5) is 11.8. The zero-order valence-electron chi connectivity index (χ0n) is 10.6. The Labute approximate surface area is 111 Å². The minimum Gasteiger partial charge on any atom is -0.495 e. The predicted octanol–water partition coefficient (Wildman–Crippen LogP) is 1.57. The Morgan fingerprint density at radius 3 is 2.72 bits per heavy atom. The Hall–Kier alpha value is -1.30. The number of methoxy groups -OCH3 is 2. The molecule has 100 valence electrons. The van der Waals surface area contributed by atoms with Crippen LogP contribution < -0.4 is 15.8 Å². The SMILES string of the molecule is COCC(N)C(=O)Nc1cc(C)c(Cl)cc1OC. The van der Waals surface area contributed by atoms with Gasteiger partial charge in [-0.15, -0.1) is 0 Å². The van der Waals surface area contributed by atoms with Crippen LogP contribution in [0.5, 0.6) is 5.75 Å². The van der Waals surface area contributed by atoms with Crippen LogP contribution in [0.15, 0.2) is 12.1 Å². The number of ether oxygens (including phenoxy) is 2. The van der Waals surface area contributed by atoms with E-state index in [1.807, 2.05) is 6.92 Å². The van der Waals surface area contributed by atoms with Gasteiger partial charge in [0.1, 0.15) is 11.8 Å². The van der Waals surface area contributed by atoms with Gasteiger partial charge in [0, 0.05) is 18.2 Å². The molecule has 1 unspecified atom stereocenters. The van der Waals surface area contributed by atoms with Crippen molar-refractivity contribution in [1.82, 2.24) is 0 Å². The van der Waals surface area contributed by atoms with Crippen LogP contribution in [0.25, 0.3) is 0 Å². The first-order chi connectivity index (χ1) is 8.49. The third-order valence-corrected chi connectivity index (χ3v) is 2.83. The molecule has 0 spiro atoms. The maximum Gasteiger partial charge on any atom is 0.243 e. The third kappa shape index (κ3) is 3.60. The zero-order valence-corrected chi connectivity index (χ0v) is 11.4. The Balaban J connectivity index is 2.90. The lowest BCUT2D eigenvalue weighted by Gasteiger charge is -2.15. The second-order valence-corrected chi connectivity index (χ2v) is 4.26. The van der Waals surface area contributed by atoms with E-state index in [0.29, 0.717) is 16.5 Å². The first-order valence-electron chi connectivity index (χ1n) is 5.39. The van der Waals surface area contributed by atoms with E-state index in [-0.39, 0.29) is 12.5 Å². The average Bonchev–Trinajstić information content (AvgIpc) is 2.33. The Morgan fingerprint density at radius 2 is 2.17 bits per heavy atom. The van der Waals surface area contributed by atoms with Crippen molar-refractivity contribution >= 4 is 23.2 Å². The molecule has 1 aromatic rings. The van der Waals surface area contributed by atoms with E-state index in [0.717, 1.165) is 5.56 Å². The van der Waals surface area contributed by atoms with Gasteiger partial charge in [-0.2, -0.15) is 0 Å². The van der Waals surface area contributed by atoms with Gasteiger partial charge in [-0.3, -0.25) is 4.79 Å². The number of hydrogen-bond acceptors (Lipinski definition) is 4. The van der Waals surface area contributed by atoms with Crippen molar-refractivity contribution in [3.05, 3.63) is 22.7 Å². The maximum absolute atomic E-state index is 11.8. The van der Waals surface area contributed by atoms with Crippen molar-refractivity contribution < 1.29 is 14.3 Å². The minimum atomic E-state index is -0.726. The number of rotatable bonds is 5. The van der Waals surface area contributed by atoms with E-state index in [1.165, 1.54) is 14.2 Å². The molecule has 5 nitrogen and oxygen atoms in total.